The first-order valence-corrected chi connectivity index (χ1v) is 15.3. The Balaban J connectivity index is 2.47. The van der Waals surface area contributed by atoms with Gasteiger partial charge in [-0.1, -0.05) is 28.1 Å². The van der Waals surface area contributed by atoms with Crippen molar-refractivity contribution in [2.24, 2.45) is 5.73 Å². The van der Waals surface area contributed by atoms with Crippen molar-refractivity contribution in [2.45, 2.75) is 38.8 Å². The highest BCUT2D eigenvalue weighted by atomic mass is 79.9. The number of hydrogen-bond acceptors (Lipinski definition) is 10. The molecule has 1 aromatic carbocycles. The first-order valence-electron chi connectivity index (χ1n) is 14.2. The van der Waals surface area contributed by atoms with E-state index in [1.54, 1.807) is 24.3 Å². The lowest BCUT2D eigenvalue weighted by Crippen LogP contribution is -2.47. The number of anilines is 1. The van der Waals surface area contributed by atoms with Crippen LogP contribution in [0.4, 0.5) is 15.3 Å². The van der Waals surface area contributed by atoms with E-state index in [2.05, 4.69) is 53.4 Å². The Morgan fingerprint density at radius 2 is 1.52 bits per heavy atom. The molecule has 0 spiro atoms. The van der Waals surface area contributed by atoms with Gasteiger partial charge in [-0.3, -0.25) is 29.4 Å². The van der Waals surface area contributed by atoms with Crippen LogP contribution < -0.4 is 43.2 Å². The van der Waals surface area contributed by atoms with Gasteiger partial charge in [0.15, 0.2) is 0 Å². The van der Waals surface area contributed by atoms with Gasteiger partial charge >= 0.3 is 12.1 Å². The molecule has 8 amide bonds. The van der Waals surface area contributed by atoms with Crippen molar-refractivity contribution in [1.29, 1.82) is 0 Å². The van der Waals surface area contributed by atoms with Crippen molar-refractivity contribution < 1.29 is 47.8 Å². The molecule has 0 radical (unpaired) electrons. The summed E-state index contributed by atoms with van der Waals surface area (Å²) in [5.74, 6) is -2.19. The monoisotopic (exact) mass is 716 g/mol. The maximum Gasteiger partial charge on any atom is 0.426 e. The van der Waals surface area contributed by atoms with Crippen LogP contribution in [-0.2, 0) is 44.8 Å². The fourth-order valence-electron chi connectivity index (χ4n) is 3.33. The lowest BCUT2D eigenvalue weighted by Gasteiger charge is -2.19. The van der Waals surface area contributed by atoms with Gasteiger partial charge < -0.3 is 46.5 Å². The highest BCUT2D eigenvalue weighted by molar-refractivity contribution is 9.09. The van der Waals surface area contributed by atoms with Crippen LogP contribution in [0.15, 0.2) is 24.3 Å². The Labute approximate surface area is 274 Å². The van der Waals surface area contributed by atoms with Gasteiger partial charge in [0.2, 0.25) is 29.5 Å². The molecule has 1 rings (SSSR count). The predicted molar refractivity (Wildman–Crippen MR) is 167 cm³/mol. The summed E-state index contributed by atoms with van der Waals surface area (Å²) in [6.45, 7) is 2.24. The number of ether oxygens (including phenoxy) is 3. The van der Waals surface area contributed by atoms with E-state index >= 15 is 0 Å². The average molecular weight is 718 g/mol. The molecule has 1 atom stereocenters. The molecule has 0 heterocycles. The molecule has 19 heteroatoms. The summed E-state index contributed by atoms with van der Waals surface area (Å²) in [6.07, 6.45) is -0.386. The Bertz CT molecular complexity index is 1160. The molecule has 18 nitrogen and oxygen atoms in total. The molecule has 256 valence electrons. The summed E-state index contributed by atoms with van der Waals surface area (Å²) >= 11 is 3.04. The smallest absolute Gasteiger partial charge is 0.426 e. The molecule has 0 saturated heterocycles. The second kappa shape index (κ2) is 23.8. The topological polar surface area (TPSA) is 257 Å². The van der Waals surface area contributed by atoms with Gasteiger partial charge in [-0.2, -0.15) is 0 Å². The van der Waals surface area contributed by atoms with E-state index in [-0.39, 0.29) is 63.6 Å². The number of alkyl halides is 1. The molecule has 0 unspecified atom stereocenters. The van der Waals surface area contributed by atoms with Gasteiger partial charge in [-0.25, -0.2) is 15.0 Å². The number of nitrogens with one attached hydrogen (secondary N) is 7. The van der Waals surface area contributed by atoms with E-state index in [1.165, 1.54) is 6.92 Å². The zero-order valence-corrected chi connectivity index (χ0v) is 27.0. The van der Waals surface area contributed by atoms with E-state index < -0.39 is 41.8 Å². The number of nitrogens with two attached hydrogens (primary N) is 1. The molecule has 0 saturated carbocycles. The number of benzene rings is 1. The van der Waals surface area contributed by atoms with Gasteiger partial charge in [-0.15, -0.1) is 0 Å². The Hall–Kier alpha value is -4.49. The number of hydrazine groups is 1. The fraction of sp³-hybridized carbons (Fsp3) is 0.519. The summed E-state index contributed by atoms with van der Waals surface area (Å²) in [7, 11) is 0. The highest BCUT2D eigenvalue weighted by Gasteiger charge is 2.21. The average Bonchev–Trinajstić information content (AvgIpc) is 3.02. The first kappa shape index (κ1) is 39.5. The second-order valence-electron chi connectivity index (χ2n) is 9.36. The maximum atomic E-state index is 13.0. The van der Waals surface area contributed by atoms with Gasteiger partial charge in [-0.05, 0) is 30.5 Å². The minimum Gasteiger partial charge on any atom is -0.443 e. The molecular formula is C27H41BrN8O10. The molecule has 0 aliphatic carbocycles. The van der Waals surface area contributed by atoms with Crippen LogP contribution in [0, 0.1) is 0 Å². The number of carbonyl (C=O) groups is 7. The SMILES string of the molecule is CC(=O)NNC(=O)OCc1ccc(NC(=O)[C@H](CCCNC(N)=O)NC(=O)CNC(=O)CCOCCOCCNC(=O)CBr)cc1. The minimum absolute atomic E-state index is 0.00169. The first-order chi connectivity index (χ1) is 22.0. The third-order valence-corrected chi connectivity index (χ3v) is 6.04. The lowest BCUT2D eigenvalue weighted by atomic mass is 10.1. The maximum absolute atomic E-state index is 13.0. The summed E-state index contributed by atoms with van der Waals surface area (Å²) in [4.78, 5) is 82.0. The molecule has 1 aromatic rings. The highest BCUT2D eigenvalue weighted by Crippen LogP contribution is 2.12. The van der Waals surface area contributed by atoms with Crippen LogP contribution in [0.25, 0.3) is 0 Å². The predicted octanol–water partition coefficient (Wildman–Crippen LogP) is -1.11. The molecule has 0 aliphatic rings. The number of amides is 8. The van der Waals surface area contributed by atoms with Crippen molar-refractivity contribution >= 4 is 63.3 Å². The minimum atomic E-state index is -1.00. The van der Waals surface area contributed by atoms with Crippen LogP contribution in [-0.4, -0.2) is 99.1 Å². The van der Waals surface area contributed by atoms with Crippen LogP contribution in [0.3, 0.4) is 0 Å². The number of urea groups is 1. The number of halogens is 1. The Morgan fingerprint density at radius 1 is 0.826 bits per heavy atom. The quantitative estimate of drug-likeness (QED) is 0.0432. The van der Waals surface area contributed by atoms with Crippen molar-refractivity contribution in [3.8, 4) is 0 Å². The van der Waals surface area contributed by atoms with Gasteiger partial charge in [0.1, 0.15) is 12.6 Å². The van der Waals surface area contributed by atoms with Crippen LogP contribution in [0.1, 0.15) is 31.7 Å². The number of carbonyl (C=O) groups excluding carboxylic acids is 7. The molecule has 0 aromatic heterocycles. The molecule has 0 bridgehead atoms. The summed E-state index contributed by atoms with van der Waals surface area (Å²) in [5.41, 5.74) is 10.2. The van der Waals surface area contributed by atoms with Gasteiger partial charge in [0.05, 0.1) is 38.3 Å². The van der Waals surface area contributed by atoms with Crippen molar-refractivity contribution in [3.05, 3.63) is 29.8 Å². The van der Waals surface area contributed by atoms with Crippen molar-refractivity contribution in [1.82, 2.24) is 32.1 Å². The van der Waals surface area contributed by atoms with E-state index in [0.29, 0.717) is 30.8 Å². The zero-order valence-electron chi connectivity index (χ0n) is 25.4. The standard InChI is InChI=1S/C27H41BrN8O10/c1-18(37)35-36-27(43)46-17-19-4-6-20(7-5-19)33-25(41)21(3-2-9-31-26(29)42)34-24(40)16-32-22(38)8-11-44-13-14-45-12-10-30-23(39)15-28/h4-7,21H,2-3,8-17H2,1H3,(H,30,39)(H,32,38)(H,33,41)(H,34,40)(H,35,37)(H,36,43)(H3,29,31,42)/t21-/m0/s1. The summed E-state index contributed by atoms with van der Waals surface area (Å²) < 4.78 is 15.6. The Kier molecular flexibility index (Phi) is 20.5. The largest absolute Gasteiger partial charge is 0.443 e. The number of rotatable bonds is 21. The van der Waals surface area contributed by atoms with Crippen molar-refractivity contribution in [3.63, 3.8) is 0 Å². The van der Waals surface area contributed by atoms with Crippen LogP contribution in [0.5, 0.6) is 0 Å². The third kappa shape index (κ3) is 20.5. The number of primary amides is 1. The lowest BCUT2D eigenvalue weighted by molar-refractivity contribution is -0.128. The molecule has 9 N–H and O–H groups in total. The van der Waals surface area contributed by atoms with E-state index in [1.807, 2.05) is 0 Å². The van der Waals surface area contributed by atoms with E-state index in [9.17, 15) is 33.6 Å². The Morgan fingerprint density at radius 3 is 2.17 bits per heavy atom. The van der Waals surface area contributed by atoms with E-state index in [4.69, 9.17) is 19.9 Å². The van der Waals surface area contributed by atoms with Gasteiger partial charge in [0.25, 0.3) is 0 Å². The van der Waals surface area contributed by atoms with E-state index in [0.717, 1.165) is 0 Å². The number of hydrogen-bond donors (Lipinski definition) is 8. The molecular weight excluding hydrogens is 676 g/mol. The second-order valence-corrected chi connectivity index (χ2v) is 9.92. The van der Waals surface area contributed by atoms with Crippen LogP contribution in [0.2, 0.25) is 0 Å². The normalized spacial score (nSPS) is 10.9. The zero-order chi connectivity index (χ0) is 34.2. The fourth-order valence-corrected chi connectivity index (χ4v) is 3.53. The van der Waals surface area contributed by atoms with Crippen LogP contribution >= 0.6 is 15.9 Å². The molecule has 46 heavy (non-hydrogen) atoms. The third-order valence-electron chi connectivity index (χ3n) is 5.53. The molecule has 0 fully saturated rings. The molecule has 0 aliphatic heterocycles. The summed E-state index contributed by atoms with van der Waals surface area (Å²) in [6, 6.07) is 4.61. The van der Waals surface area contributed by atoms with Gasteiger partial charge in [0, 0.05) is 32.1 Å². The van der Waals surface area contributed by atoms with Crippen molar-refractivity contribution in [2.75, 3.05) is 56.7 Å². The summed E-state index contributed by atoms with van der Waals surface area (Å²) in [5, 5.41) is 13.0.